The van der Waals surface area contributed by atoms with Crippen LogP contribution in [0.25, 0.3) is 122 Å². The minimum Gasteiger partial charge on any atom is -0.455 e. The van der Waals surface area contributed by atoms with Gasteiger partial charge in [0.25, 0.3) is 0 Å². The van der Waals surface area contributed by atoms with Crippen molar-refractivity contribution in [1.82, 2.24) is 24.1 Å². The maximum absolute atomic E-state index is 6.93. The van der Waals surface area contributed by atoms with Crippen LogP contribution < -0.4 is 0 Å². The van der Waals surface area contributed by atoms with Gasteiger partial charge in [0, 0.05) is 54.8 Å². The van der Waals surface area contributed by atoms with Gasteiger partial charge in [-0.2, -0.15) is 0 Å². The van der Waals surface area contributed by atoms with Gasteiger partial charge in [0.05, 0.1) is 27.6 Å². The molecule has 0 unspecified atom stereocenters. The minimum absolute atomic E-state index is 0.526. The Balaban J connectivity index is 1.13. The average Bonchev–Trinajstić information content (AvgIpc) is 4.02. The van der Waals surface area contributed by atoms with E-state index in [0.717, 1.165) is 94.0 Å². The summed E-state index contributed by atoms with van der Waals surface area (Å²) < 4.78 is 11.6. The number of hydrogen-bond donors (Lipinski definition) is 0. The third-order valence-corrected chi connectivity index (χ3v) is 12.4. The third kappa shape index (κ3) is 5.55. The lowest BCUT2D eigenvalue weighted by molar-refractivity contribution is 0.669. The molecule has 0 aliphatic rings. The van der Waals surface area contributed by atoms with Crippen LogP contribution in [0.15, 0.2) is 217 Å². The fraction of sp³-hybridized carbons (Fsp3) is 0. The number of hydrogen-bond acceptors (Lipinski definition) is 4. The Hall–Kier alpha value is -8.61. The van der Waals surface area contributed by atoms with Crippen LogP contribution in [-0.4, -0.2) is 24.1 Å². The number of furan rings is 1. The summed E-state index contributed by atoms with van der Waals surface area (Å²) in [5.41, 5.74) is 12.9. The highest BCUT2D eigenvalue weighted by Crippen LogP contribution is 2.43. The summed E-state index contributed by atoms with van der Waals surface area (Å²) in [6, 6.07) is 74.3. The molecule has 4 heterocycles. The number of fused-ring (bicyclic) bond motifs is 9. The van der Waals surface area contributed by atoms with Crippen molar-refractivity contribution in [2.75, 3.05) is 0 Å². The molecule has 0 saturated carbocycles. The molecule has 13 aromatic rings. The van der Waals surface area contributed by atoms with Gasteiger partial charge in [-0.3, -0.25) is 0 Å². The van der Waals surface area contributed by atoms with Crippen LogP contribution in [0, 0.1) is 0 Å². The molecule has 0 atom stereocenters. The smallest absolute Gasteiger partial charge is 0.167 e. The van der Waals surface area contributed by atoms with Gasteiger partial charge in [-0.05, 0) is 71.8 Å². The zero-order valence-corrected chi connectivity index (χ0v) is 33.9. The molecule has 63 heavy (non-hydrogen) atoms. The molecule has 0 fully saturated rings. The van der Waals surface area contributed by atoms with Gasteiger partial charge in [0.15, 0.2) is 17.5 Å². The second-order valence-electron chi connectivity index (χ2n) is 16.0. The SMILES string of the molecule is c1ccc(-c2ccc3oc4c(-c5nc(-c6ccccc6)nc(-c6cccc7c6c6ccccc6n7-c6ccccc6)n5)cc(-n5c6ccccc6c6ccccc65)cc4c3c2)cc1. The first-order valence-corrected chi connectivity index (χ1v) is 21.2. The third-order valence-electron chi connectivity index (χ3n) is 12.4. The largest absolute Gasteiger partial charge is 0.455 e. The van der Waals surface area contributed by atoms with Crippen molar-refractivity contribution in [1.29, 1.82) is 0 Å². The Morgan fingerprint density at radius 1 is 0.317 bits per heavy atom. The highest BCUT2D eigenvalue weighted by molar-refractivity contribution is 6.16. The van der Waals surface area contributed by atoms with E-state index in [0.29, 0.717) is 17.5 Å². The van der Waals surface area contributed by atoms with Crippen molar-refractivity contribution in [2.45, 2.75) is 0 Å². The monoisotopic (exact) mass is 805 g/mol. The van der Waals surface area contributed by atoms with Gasteiger partial charge in [-0.25, -0.2) is 15.0 Å². The Morgan fingerprint density at radius 2 is 0.857 bits per heavy atom. The molecule has 9 aromatic carbocycles. The van der Waals surface area contributed by atoms with Crippen molar-refractivity contribution in [3.8, 4) is 56.7 Å². The van der Waals surface area contributed by atoms with E-state index < -0.39 is 0 Å². The Morgan fingerprint density at radius 3 is 1.56 bits per heavy atom. The molecular weight excluding hydrogens is 771 g/mol. The van der Waals surface area contributed by atoms with E-state index in [9.17, 15) is 0 Å². The second kappa shape index (κ2) is 14.0. The number of benzene rings is 9. The molecule has 0 amide bonds. The van der Waals surface area contributed by atoms with Crippen LogP contribution in [0.3, 0.4) is 0 Å². The lowest BCUT2D eigenvalue weighted by atomic mass is 10.0. The molecule has 0 radical (unpaired) electrons. The Kier molecular flexibility index (Phi) is 7.80. The zero-order chi connectivity index (χ0) is 41.4. The number of nitrogens with zero attached hydrogens (tertiary/aromatic N) is 5. The number of aromatic nitrogens is 5. The van der Waals surface area contributed by atoms with E-state index in [4.69, 9.17) is 19.4 Å². The van der Waals surface area contributed by atoms with E-state index >= 15 is 0 Å². The fourth-order valence-electron chi connectivity index (χ4n) is 9.56. The highest BCUT2D eigenvalue weighted by atomic mass is 16.3. The summed E-state index contributed by atoms with van der Waals surface area (Å²) in [6.07, 6.45) is 0. The molecule has 6 nitrogen and oxygen atoms in total. The number of rotatable bonds is 6. The molecule has 0 bridgehead atoms. The van der Waals surface area contributed by atoms with E-state index in [-0.39, 0.29) is 0 Å². The topological polar surface area (TPSA) is 61.7 Å². The van der Waals surface area contributed by atoms with Crippen LogP contribution in [0.1, 0.15) is 0 Å². The molecule has 0 spiro atoms. The first kappa shape index (κ1) is 35.2. The van der Waals surface area contributed by atoms with Crippen LogP contribution in [0.5, 0.6) is 0 Å². The second-order valence-corrected chi connectivity index (χ2v) is 16.0. The zero-order valence-electron chi connectivity index (χ0n) is 33.9. The average molecular weight is 806 g/mol. The van der Waals surface area contributed by atoms with Crippen LogP contribution in [0.2, 0.25) is 0 Å². The van der Waals surface area contributed by atoms with Gasteiger partial charge in [0.1, 0.15) is 11.2 Å². The minimum atomic E-state index is 0.526. The van der Waals surface area contributed by atoms with E-state index in [2.05, 4.69) is 197 Å². The number of para-hydroxylation sites is 4. The summed E-state index contributed by atoms with van der Waals surface area (Å²) in [6.45, 7) is 0. The van der Waals surface area contributed by atoms with Gasteiger partial charge >= 0.3 is 0 Å². The normalized spacial score (nSPS) is 11.8. The predicted octanol–water partition coefficient (Wildman–Crippen LogP) is 14.6. The summed E-state index contributed by atoms with van der Waals surface area (Å²) >= 11 is 0. The fourth-order valence-corrected chi connectivity index (χ4v) is 9.56. The summed E-state index contributed by atoms with van der Waals surface area (Å²) in [7, 11) is 0. The lowest BCUT2D eigenvalue weighted by Crippen LogP contribution is -2.02. The molecule has 0 aliphatic carbocycles. The lowest BCUT2D eigenvalue weighted by Gasteiger charge is -2.13. The van der Waals surface area contributed by atoms with E-state index in [1.807, 2.05) is 24.3 Å². The van der Waals surface area contributed by atoms with Crippen molar-refractivity contribution < 1.29 is 4.42 Å². The molecule has 0 N–H and O–H groups in total. The van der Waals surface area contributed by atoms with Gasteiger partial charge < -0.3 is 13.6 Å². The van der Waals surface area contributed by atoms with Gasteiger partial charge in [-0.1, -0.05) is 152 Å². The summed E-state index contributed by atoms with van der Waals surface area (Å²) in [5, 5.41) is 6.58. The van der Waals surface area contributed by atoms with E-state index in [1.54, 1.807) is 0 Å². The maximum Gasteiger partial charge on any atom is 0.167 e. The molecular formula is C57H35N5O. The molecule has 4 aromatic heterocycles. The van der Waals surface area contributed by atoms with Crippen LogP contribution in [0.4, 0.5) is 0 Å². The molecule has 294 valence electrons. The van der Waals surface area contributed by atoms with Crippen molar-refractivity contribution in [3.05, 3.63) is 212 Å². The van der Waals surface area contributed by atoms with Gasteiger partial charge in [0.2, 0.25) is 0 Å². The van der Waals surface area contributed by atoms with Crippen LogP contribution >= 0.6 is 0 Å². The highest BCUT2D eigenvalue weighted by Gasteiger charge is 2.24. The summed E-state index contributed by atoms with van der Waals surface area (Å²) in [5.74, 6) is 1.69. The van der Waals surface area contributed by atoms with Crippen molar-refractivity contribution in [3.63, 3.8) is 0 Å². The van der Waals surface area contributed by atoms with Crippen molar-refractivity contribution >= 4 is 65.6 Å². The summed E-state index contributed by atoms with van der Waals surface area (Å²) in [4.78, 5) is 16.1. The quantitative estimate of drug-likeness (QED) is 0.168. The molecule has 6 heteroatoms. The van der Waals surface area contributed by atoms with E-state index in [1.165, 1.54) is 10.8 Å². The molecule has 13 rings (SSSR count). The standard InChI is InChI=1S/C57H35N5O/c1-4-17-36(18-5-1)38-31-32-52-45(33-38)46-34-40(62-48-27-13-10-23-41(48)42-24-11-14-28-49(42)62)35-47(54(46)63-52)57-59-55(37-19-6-2-7-20-37)58-56(60-57)44-26-16-30-51-53(44)43-25-12-15-29-50(43)61(51)39-21-8-3-9-22-39/h1-35H. The Bertz CT molecular complexity index is 3850. The predicted molar refractivity (Wildman–Crippen MR) is 258 cm³/mol. The van der Waals surface area contributed by atoms with Gasteiger partial charge in [-0.15, -0.1) is 0 Å². The van der Waals surface area contributed by atoms with Crippen LogP contribution in [-0.2, 0) is 0 Å². The maximum atomic E-state index is 6.93. The first-order chi connectivity index (χ1) is 31.2. The Labute approximate surface area is 361 Å². The molecule has 0 saturated heterocycles. The first-order valence-electron chi connectivity index (χ1n) is 21.2. The van der Waals surface area contributed by atoms with Crippen molar-refractivity contribution in [2.24, 2.45) is 0 Å². The molecule has 0 aliphatic heterocycles.